The van der Waals surface area contributed by atoms with E-state index in [1.54, 1.807) is 13.0 Å². The van der Waals surface area contributed by atoms with Gasteiger partial charge in [0.2, 0.25) is 0 Å². The van der Waals surface area contributed by atoms with Crippen molar-refractivity contribution in [1.29, 1.82) is 0 Å². The summed E-state index contributed by atoms with van der Waals surface area (Å²) in [6.45, 7) is 2.30. The fraction of sp³-hybridized carbons (Fsp3) is 0.600. The van der Waals surface area contributed by atoms with Gasteiger partial charge in [0.1, 0.15) is 12.4 Å². The van der Waals surface area contributed by atoms with Crippen molar-refractivity contribution in [2.75, 3.05) is 13.2 Å². The van der Waals surface area contributed by atoms with E-state index >= 15 is 0 Å². The number of rotatable bonds is 8. The van der Waals surface area contributed by atoms with Gasteiger partial charge in [0, 0.05) is 5.56 Å². The zero-order chi connectivity index (χ0) is 18.6. The molecule has 1 aromatic rings. The molecule has 0 aliphatic heterocycles. The van der Waals surface area contributed by atoms with Gasteiger partial charge >= 0.3 is 6.36 Å². The molecule has 0 atom stereocenters. The van der Waals surface area contributed by atoms with Gasteiger partial charge in [-0.25, -0.2) is 0 Å². The molecule has 2 aliphatic carbocycles. The Labute approximate surface area is 152 Å². The molecule has 2 aliphatic rings. The first kappa shape index (κ1) is 18.9. The van der Waals surface area contributed by atoms with Gasteiger partial charge in [0.05, 0.1) is 6.61 Å². The number of alkyl halides is 3. The molecular weight excluding hydrogens is 345 g/mol. The van der Waals surface area contributed by atoms with Gasteiger partial charge in [-0.2, -0.15) is 0 Å². The number of benzene rings is 1. The Kier molecular flexibility index (Phi) is 5.99. The smallest absolute Gasteiger partial charge is 0.489 e. The number of hydrogen-bond donors (Lipinski definition) is 0. The Balaban J connectivity index is 1.70. The average molecular weight is 370 g/mol. The van der Waals surface area contributed by atoms with Gasteiger partial charge in [-0.1, -0.05) is 25.0 Å². The fourth-order valence-corrected chi connectivity index (χ4v) is 3.22. The maximum atomic E-state index is 12.8. The Hall–Kier alpha value is -1.85. The predicted octanol–water partition coefficient (Wildman–Crippen LogP) is 5.81. The largest absolute Gasteiger partial charge is 0.573 e. The van der Waals surface area contributed by atoms with Crippen molar-refractivity contribution in [3.05, 3.63) is 29.8 Å². The van der Waals surface area contributed by atoms with Gasteiger partial charge in [-0.15, -0.1) is 13.2 Å². The Bertz CT molecular complexity index is 630. The summed E-state index contributed by atoms with van der Waals surface area (Å²) in [4.78, 5) is 0. The lowest BCUT2D eigenvalue weighted by atomic mass is 10.1. The Morgan fingerprint density at radius 1 is 1.04 bits per heavy atom. The van der Waals surface area contributed by atoms with Crippen LogP contribution in [-0.4, -0.2) is 19.6 Å². The lowest BCUT2D eigenvalue weighted by Gasteiger charge is -2.19. The van der Waals surface area contributed by atoms with E-state index < -0.39 is 6.36 Å². The van der Waals surface area contributed by atoms with E-state index in [1.807, 2.05) is 6.08 Å². The SMILES string of the molecule is Cc1c(OC/C=C/C2CC2)ccc(OCC2CCCC2)c1OC(F)(F)F. The van der Waals surface area contributed by atoms with Gasteiger partial charge in [0.15, 0.2) is 11.5 Å². The second-order valence-electron chi connectivity index (χ2n) is 7.10. The number of ether oxygens (including phenoxy) is 3. The minimum atomic E-state index is -4.78. The van der Waals surface area contributed by atoms with Crippen LogP contribution < -0.4 is 14.2 Å². The molecule has 2 fully saturated rings. The summed E-state index contributed by atoms with van der Waals surface area (Å²) in [6.07, 6.45) is 6.04. The van der Waals surface area contributed by atoms with Crippen molar-refractivity contribution in [2.45, 2.75) is 51.8 Å². The topological polar surface area (TPSA) is 27.7 Å². The third-order valence-corrected chi connectivity index (χ3v) is 4.85. The van der Waals surface area contributed by atoms with E-state index in [2.05, 4.69) is 10.8 Å². The molecule has 0 unspecified atom stereocenters. The molecule has 6 heteroatoms. The first-order chi connectivity index (χ1) is 12.4. The summed E-state index contributed by atoms with van der Waals surface area (Å²) in [5.41, 5.74) is 0.297. The van der Waals surface area contributed by atoms with Crippen molar-refractivity contribution in [3.8, 4) is 17.2 Å². The normalized spacial score (nSPS) is 18.5. The molecule has 144 valence electrons. The third-order valence-electron chi connectivity index (χ3n) is 4.85. The first-order valence-corrected chi connectivity index (χ1v) is 9.24. The van der Waals surface area contributed by atoms with Crippen LogP contribution in [0.3, 0.4) is 0 Å². The zero-order valence-electron chi connectivity index (χ0n) is 15.0. The molecule has 0 aromatic heterocycles. The van der Waals surface area contributed by atoms with E-state index in [0.717, 1.165) is 25.7 Å². The van der Waals surface area contributed by atoms with E-state index in [0.29, 0.717) is 36.4 Å². The summed E-state index contributed by atoms with van der Waals surface area (Å²) in [6, 6.07) is 3.15. The monoisotopic (exact) mass is 370 g/mol. The van der Waals surface area contributed by atoms with Crippen LogP contribution in [0, 0.1) is 18.8 Å². The second kappa shape index (κ2) is 8.23. The highest BCUT2D eigenvalue weighted by atomic mass is 19.4. The maximum Gasteiger partial charge on any atom is 0.573 e. The van der Waals surface area contributed by atoms with Gasteiger partial charge in [-0.05, 0) is 56.6 Å². The molecular formula is C20H25F3O3. The molecule has 3 rings (SSSR count). The molecule has 3 nitrogen and oxygen atoms in total. The van der Waals surface area contributed by atoms with Crippen molar-refractivity contribution in [3.63, 3.8) is 0 Å². The van der Waals surface area contributed by atoms with Crippen LogP contribution in [0.2, 0.25) is 0 Å². The van der Waals surface area contributed by atoms with E-state index in [1.165, 1.54) is 18.9 Å². The van der Waals surface area contributed by atoms with Gasteiger partial charge in [-0.3, -0.25) is 0 Å². The van der Waals surface area contributed by atoms with E-state index in [4.69, 9.17) is 9.47 Å². The van der Waals surface area contributed by atoms with Crippen LogP contribution in [0.1, 0.15) is 44.1 Å². The fourth-order valence-electron chi connectivity index (χ4n) is 3.22. The third kappa shape index (κ3) is 5.58. The standard InChI is InChI=1S/C20H25F3O3/c1-14-17(24-12-4-7-15-8-9-15)10-11-18(19(14)26-20(21,22)23)25-13-16-5-2-3-6-16/h4,7,10-11,15-16H,2-3,5-6,8-9,12-13H2,1H3/b7-4+. The molecule has 26 heavy (non-hydrogen) atoms. The average Bonchev–Trinajstić information content (AvgIpc) is 3.25. The highest BCUT2D eigenvalue weighted by Crippen LogP contribution is 2.41. The molecule has 0 N–H and O–H groups in total. The van der Waals surface area contributed by atoms with Crippen LogP contribution in [0.25, 0.3) is 0 Å². The van der Waals surface area contributed by atoms with Crippen LogP contribution >= 0.6 is 0 Å². The van der Waals surface area contributed by atoms with E-state index in [-0.39, 0.29) is 11.5 Å². The van der Waals surface area contributed by atoms with Gasteiger partial charge in [0.25, 0.3) is 0 Å². The molecule has 1 aromatic carbocycles. The van der Waals surface area contributed by atoms with Crippen molar-refractivity contribution in [1.82, 2.24) is 0 Å². The quantitative estimate of drug-likeness (QED) is 0.541. The summed E-state index contributed by atoms with van der Waals surface area (Å²) in [5, 5.41) is 0. The molecule has 0 bridgehead atoms. The maximum absolute atomic E-state index is 12.8. The molecule has 2 saturated carbocycles. The highest BCUT2D eigenvalue weighted by Gasteiger charge is 2.34. The minimum absolute atomic E-state index is 0.118. The molecule has 0 amide bonds. The minimum Gasteiger partial charge on any atom is -0.489 e. The van der Waals surface area contributed by atoms with Crippen LogP contribution in [0.5, 0.6) is 17.2 Å². The van der Waals surface area contributed by atoms with E-state index in [9.17, 15) is 13.2 Å². The summed E-state index contributed by atoms with van der Waals surface area (Å²) in [7, 11) is 0. The summed E-state index contributed by atoms with van der Waals surface area (Å²) >= 11 is 0. The first-order valence-electron chi connectivity index (χ1n) is 9.24. The number of halogens is 3. The number of allylic oxidation sites excluding steroid dienone is 1. The molecule has 0 heterocycles. The highest BCUT2D eigenvalue weighted by molar-refractivity contribution is 5.53. The summed E-state index contributed by atoms with van der Waals surface area (Å²) in [5.74, 6) is 1.22. The van der Waals surface area contributed by atoms with Crippen LogP contribution in [0.15, 0.2) is 24.3 Å². The van der Waals surface area contributed by atoms with Crippen molar-refractivity contribution < 1.29 is 27.4 Å². The van der Waals surface area contributed by atoms with Gasteiger partial charge < -0.3 is 14.2 Å². The molecule has 0 saturated heterocycles. The lowest BCUT2D eigenvalue weighted by Crippen LogP contribution is -2.19. The molecule has 0 radical (unpaired) electrons. The van der Waals surface area contributed by atoms with Crippen molar-refractivity contribution in [2.24, 2.45) is 11.8 Å². The Morgan fingerprint density at radius 2 is 1.73 bits per heavy atom. The summed E-state index contributed by atoms with van der Waals surface area (Å²) < 4.78 is 54.1. The molecule has 0 spiro atoms. The van der Waals surface area contributed by atoms with Crippen LogP contribution in [-0.2, 0) is 0 Å². The van der Waals surface area contributed by atoms with Crippen LogP contribution in [0.4, 0.5) is 13.2 Å². The van der Waals surface area contributed by atoms with Crippen molar-refractivity contribution >= 4 is 0 Å². The second-order valence-corrected chi connectivity index (χ2v) is 7.10. The lowest BCUT2D eigenvalue weighted by molar-refractivity contribution is -0.275. The number of hydrogen-bond acceptors (Lipinski definition) is 3. The zero-order valence-corrected chi connectivity index (χ0v) is 15.0. The Morgan fingerprint density at radius 3 is 2.38 bits per heavy atom. The predicted molar refractivity (Wildman–Crippen MR) is 92.7 cm³/mol.